The number of nitrogens with one attached hydrogen (secondary N) is 1. The second-order valence-corrected chi connectivity index (χ2v) is 3.60. The molecule has 1 aromatic rings. The molecule has 80 valence electrons. The second-order valence-electron chi connectivity index (χ2n) is 3.19. The van der Waals surface area contributed by atoms with Crippen molar-refractivity contribution in [1.29, 1.82) is 0 Å². The molecular weight excluding hydrogens is 210 g/mol. The Kier molecular flexibility index (Phi) is 4.41. The molecule has 1 heterocycles. The summed E-state index contributed by atoms with van der Waals surface area (Å²) in [6.45, 7) is 1.18. The molecule has 0 amide bonds. The van der Waals surface area contributed by atoms with E-state index in [1.165, 1.54) is 0 Å². The first-order chi connectivity index (χ1) is 7.19. The number of nitrogens with zero attached hydrogens (tertiary/aromatic N) is 2. The summed E-state index contributed by atoms with van der Waals surface area (Å²) in [4.78, 5) is 6.31. The van der Waals surface area contributed by atoms with Crippen molar-refractivity contribution in [2.24, 2.45) is 0 Å². The molecule has 0 aliphatic heterocycles. The summed E-state index contributed by atoms with van der Waals surface area (Å²) < 4.78 is 0. The predicted octanol–water partition coefficient (Wildman–Crippen LogP) is 1.52. The minimum Gasteiger partial charge on any atom is -0.349 e. The van der Waals surface area contributed by atoms with Crippen molar-refractivity contribution in [3.05, 3.63) is 22.8 Å². The average molecular weight is 224 g/mol. The third-order valence-electron chi connectivity index (χ3n) is 1.97. The highest BCUT2D eigenvalue weighted by Crippen LogP contribution is 2.18. The van der Waals surface area contributed by atoms with E-state index in [1.54, 1.807) is 0 Å². The highest BCUT2D eigenvalue weighted by atomic mass is 35.5. The topological polar surface area (TPSA) is 28.2 Å². The molecule has 0 bridgehead atoms. The Morgan fingerprint density at radius 2 is 2.33 bits per heavy atom. The van der Waals surface area contributed by atoms with Crippen molar-refractivity contribution in [2.45, 2.75) is 6.54 Å². The Morgan fingerprint density at radius 1 is 1.60 bits per heavy atom. The Labute approximate surface area is 95.5 Å². The van der Waals surface area contributed by atoms with Crippen LogP contribution in [0, 0.1) is 12.3 Å². The lowest BCUT2D eigenvalue weighted by Gasteiger charge is -2.16. The van der Waals surface area contributed by atoms with E-state index >= 15 is 0 Å². The third kappa shape index (κ3) is 3.12. The van der Waals surface area contributed by atoms with Crippen LogP contribution in [0.15, 0.2) is 12.1 Å². The molecule has 0 saturated carbocycles. The van der Waals surface area contributed by atoms with Gasteiger partial charge in [-0.3, -0.25) is 0 Å². The molecule has 4 heteroatoms. The van der Waals surface area contributed by atoms with Crippen molar-refractivity contribution < 1.29 is 0 Å². The normalized spacial score (nSPS) is 9.73. The third-order valence-corrected chi connectivity index (χ3v) is 2.31. The molecule has 0 radical (unpaired) electrons. The quantitative estimate of drug-likeness (QED) is 0.785. The molecule has 1 rings (SSSR count). The van der Waals surface area contributed by atoms with Crippen LogP contribution in [0.25, 0.3) is 0 Å². The van der Waals surface area contributed by atoms with Crippen LogP contribution in [-0.2, 0) is 6.54 Å². The molecule has 0 saturated heterocycles. The van der Waals surface area contributed by atoms with Gasteiger partial charge in [0, 0.05) is 13.6 Å². The summed E-state index contributed by atoms with van der Waals surface area (Å²) in [7, 11) is 3.76. The van der Waals surface area contributed by atoms with Crippen LogP contribution in [0.2, 0.25) is 5.02 Å². The number of anilines is 1. The van der Waals surface area contributed by atoms with Crippen LogP contribution < -0.4 is 10.2 Å². The summed E-state index contributed by atoms with van der Waals surface area (Å²) in [5.74, 6) is 3.41. The summed E-state index contributed by atoms with van der Waals surface area (Å²) in [5, 5.41) is 3.69. The summed E-state index contributed by atoms with van der Waals surface area (Å²) >= 11 is 6.00. The van der Waals surface area contributed by atoms with Gasteiger partial charge in [-0.2, -0.15) is 0 Å². The monoisotopic (exact) mass is 223 g/mol. The number of hydrogen-bond donors (Lipinski definition) is 1. The zero-order valence-corrected chi connectivity index (χ0v) is 9.67. The van der Waals surface area contributed by atoms with Gasteiger partial charge in [-0.25, -0.2) is 4.98 Å². The lowest BCUT2D eigenvalue weighted by Crippen LogP contribution is -2.19. The molecule has 1 aromatic heterocycles. The molecule has 1 N–H and O–H groups in total. The Morgan fingerprint density at radius 3 is 2.93 bits per heavy atom. The van der Waals surface area contributed by atoms with E-state index in [9.17, 15) is 0 Å². The molecule has 0 fully saturated rings. The average Bonchev–Trinajstić information content (AvgIpc) is 2.22. The van der Waals surface area contributed by atoms with Gasteiger partial charge in [0.15, 0.2) is 0 Å². The van der Waals surface area contributed by atoms with Gasteiger partial charge in [-0.15, -0.1) is 6.42 Å². The number of aromatic nitrogens is 1. The molecule has 0 atom stereocenters. The number of terminal acetylenes is 1. The van der Waals surface area contributed by atoms with Crippen LogP contribution >= 0.6 is 11.6 Å². The molecule has 0 aliphatic rings. The maximum atomic E-state index is 6.00. The van der Waals surface area contributed by atoms with E-state index in [-0.39, 0.29) is 0 Å². The van der Waals surface area contributed by atoms with Crippen LogP contribution in [0.3, 0.4) is 0 Å². The van der Waals surface area contributed by atoms with Crippen molar-refractivity contribution in [1.82, 2.24) is 10.3 Å². The predicted molar refractivity (Wildman–Crippen MR) is 64.1 cm³/mol. The SMILES string of the molecule is C#CCN(C)c1ccc(Cl)c(CNC)n1. The van der Waals surface area contributed by atoms with E-state index in [2.05, 4.69) is 16.2 Å². The summed E-state index contributed by atoms with van der Waals surface area (Å²) in [6, 6.07) is 3.70. The molecule has 0 unspecified atom stereocenters. The standard InChI is InChI=1S/C11H14ClN3/c1-4-7-15(3)11-6-5-9(12)10(14-11)8-13-2/h1,5-6,13H,7-8H2,2-3H3. The molecule has 15 heavy (non-hydrogen) atoms. The van der Waals surface area contributed by atoms with Crippen molar-refractivity contribution in [3.8, 4) is 12.3 Å². The lowest BCUT2D eigenvalue weighted by molar-refractivity contribution is 0.788. The van der Waals surface area contributed by atoms with Gasteiger partial charge in [-0.1, -0.05) is 17.5 Å². The Hall–Kier alpha value is -1.24. The fourth-order valence-electron chi connectivity index (χ4n) is 1.19. The zero-order chi connectivity index (χ0) is 11.3. The van der Waals surface area contributed by atoms with E-state index < -0.39 is 0 Å². The van der Waals surface area contributed by atoms with Gasteiger partial charge in [-0.05, 0) is 19.2 Å². The summed E-state index contributed by atoms with van der Waals surface area (Å²) in [5.41, 5.74) is 0.834. The maximum absolute atomic E-state index is 6.00. The first kappa shape index (κ1) is 11.8. The van der Waals surface area contributed by atoms with Crippen LogP contribution in [0.5, 0.6) is 0 Å². The maximum Gasteiger partial charge on any atom is 0.129 e. The van der Waals surface area contributed by atoms with Gasteiger partial charge >= 0.3 is 0 Å². The van der Waals surface area contributed by atoms with Gasteiger partial charge in [0.25, 0.3) is 0 Å². The number of halogens is 1. The zero-order valence-electron chi connectivity index (χ0n) is 8.92. The number of rotatable bonds is 4. The van der Waals surface area contributed by atoms with Crippen LogP contribution in [-0.4, -0.2) is 25.6 Å². The second kappa shape index (κ2) is 5.59. The molecule has 0 aliphatic carbocycles. The van der Waals surface area contributed by atoms with Gasteiger partial charge < -0.3 is 10.2 Å². The van der Waals surface area contributed by atoms with Crippen molar-refractivity contribution in [2.75, 3.05) is 25.5 Å². The molecule has 3 nitrogen and oxygen atoms in total. The minimum absolute atomic E-state index is 0.535. The Bertz CT molecular complexity index is 371. The molecule has 0 aromatic carbocycles. The van der Waals surface area contributed by atoms with E-state index in [0.29, 0.717) is 18.1 Å². The van der Waals surface area contributed by atoms with Gasteiger partial charge in [0.1, 0.15) is 5.82 Å². The fourth-order valence-corrected chi connectivity index (χ4v) is 1.37. The highest BCUT2D eigenvalue weighted by Gasteiger charge is 2.05. The Balaban J connectivity index is 2.92. The van der Waals surface area contributed by atoms with Gasteiger partial charge in [0.05, 0.1) is 17.3 Å². The summed E-state index contributed by atoms with van der Waals surface area (Å²) in [6.07, 6.45) is 5.24. The van der Waals surface area contributed by atoms with Crippen molar-refractivity contribution in [3.63, 3.8) is 0 Å². The first-order valence-corrected chi connectivity index (χ1v) is 5.01. The minimum atomic E-state index is 0.535. The first-order valence-electron chi connectivity index (χ1n) is 4.63. The van der Waals surface area contributed by atoms with Crippen molar-refractivity contribution >= 4 is 17.4 Å². The smallest absolute Gasteiger partial charge is 0.129 e. The van der Waals surface area contributed by atoms with E-state index in [4.69, 9.17) is 18.0 Å². The van der Waals surface area contributed by atoms with E-state index in [1.807, 2.05) is 31.1 Å². The molecular formula is C11H14ClN3. The van der Waals surface area contributed by atoms with Gasteiger partial charge in [0.2, 0.25) is 0 Å². The largest absolute Gasteiger partial charge is 0.349 e. The van der Waals surface area contributed by atoms with Crippen LogP contribution in [0.4, 0.5) is 5.82 Å². The van der Waals surface area contributed by atoms with Crippen LogP contribution in [0.1, 0.15) is 5.69 Å². The number of pyridine rings is 1. The molecule has 0 spiro atoms. The lowest BCUT2D eigenvalue weighted by atomic mass is 10.3. The number of hydrogen-bond acceptors (Lipinski definition) is 3. The highest BCUT2D eigenvalue weighted by molar-refractivity contribution is 6.31. The van der Waals surface area contributed by atoms with E-state index in [0.717, 1.165) is 11.5 Å². The fraction of sp³-hybridized carbons (Fsp3) is 0.364.